The number of hydrogen-bond donors (Lipinski definition) is 1. The smallest absolute Gasteiger partial charge is 0.250 e. The van der Waals surface area contributed by atoms with E-state index in [1.807, 2.05) is 68.6 Å². The van der Waals surface area contributed by atoms with Gasteiger partial charge in [0.05, 0.1) is 34.8 Å². The van der Waals surface area contributed by atoms with Crippen molar-refractivity contribution in [3.63, 3.8) is 0 Å². The summed E-state index contributed by atoms with van der Waals surface area (Å²) in [7, 11) is 0. The van der Waals surface area contributed by atoms with E-state index in [2.05, 4.69) is 31.4 Å². The molecule has 0 saturated heterocycles. The largest absolute Gasteiger partial charge is 0.490 e. The van der Waals surface area contributed by atoms with E-state index in [0.29, 0.717) is 18.1 Å². The van der Waals surface area contributed by atoms with Crippen molar-refractivity contribution in [2.75, 3.05) is 12.4 Å². The molecule has 0 aliphatic carbocycles. The minimum absolute atomic E-state index is 0.0171. The molecule has 32 heavy (non-hydrogen) atoms. The molecule has 3 rings (SSSR count). The molecule has 0 aliphatic rings. The lowest BCUT2D eigenvalue weighted by Gasteiger charge is -2.16. The maximum atomic E-state index is 12.2. The molecule has 1 N–H and O–H groups in total. The molecular formula is C23H24BrN3O3S2. The van der Waals surface area contributed by atoms with Gasteiger partial charge in [-0.05, 0) is 54.4 Å². The summed E-state index contributed by atoms with van der Waals surface area (Å²) in [5, 5.41) is 6.06. The number of ether oxygens (including phenoxy) is 2. The SMILES string of the molecule is CCOc1cc(/C=N/NC(=O)CSc2nc(-c3ccccc3)cs2)cc(Br)c1OC(C)C. The van der Waals surface area contributed by atoms with Crippen molar-refractivity contribution >= 4 is 51.2 Å². The predicted octanol–water partition coefficient (Wildman–Crippen LogP) is 6.00. The van der Waals surface area contributed by atoms with E-state index in [1.165, 1.54) is 23.1 Å². The number of hydrazone groups is 1. The molecule has 0 spiro atoms. The first-order chi connectivity index (χ1) is 15.5. The standard InChI is InChI=1S/C23H24BrN3O3S2/c1-4-29-20-11-16(10-18(24)22(20)30-15(2)3)12-25-27-21(28)14-32-23-26-19(13-31-23)17-8-6-5-7-9-17/h5-13,15H,4,14H2,1-3H3,(H,27,28)/b25-12+. The summed E-state index contributed by atoms with van der Waals surface area (Å²) in [5.74, 6) is 1.30. The summed E-state index contributed by atoms with van der Waals surface area (Å²) in [4.78, 5) is 16.8. The van der Waals surface area contributed by atoms with E-state index >= 15 is 0 Å². The number of halogens is 1. The Morgan fingerprint density at radius 2 is 2.09 bits per heavy atom. The first-order valence-corrected chi connectivity index (χ1v) is 12.7. The van der Waals surface area contributed by atoms with Gasteiger partial charge in [-0.25, -0.2) is 10.4 Å². The topological polar surface area (TPSA) is 72.8 Å². The summed E-state index contributed by atoms with van der Waals surface area (Å²) >= 11 is 6.43. The van der Waals surface area contributed by atoms with Crippen LogP contribution in [0.3, 0.4) is 0 Å². The zero-order valence-electron chi connectivity index (χ0n) is 18.0. The number of rotatable bonds is 10. The molecule has 2 aromatic carbocycles. The van der Waals surface area contributed by atoms with E-state index in [1.54, 1.807) is 6.21 Å². The molecule has 1 amide bonds. The highest BCUT2D eigenvalue weighted by atomic mass is 79.9. The number of thiazole rings is 1. The zero-order chi connectivity index (χ0) is 22.9. The number of aromatic nitrogens is 1. The number of hydrogen-bond acceptors (Lipinski definition) is 7. The Balaban J connectivity index is 1.55. The molecule has 0 fully saturated rings. The van der Waals surface area contributed by atoms with Gasteiger partial charge in [0.1, 0.15) is 0 Å². The number of amides is 1. The molecule has 9 heteroatoms. The summed E-state index contributed by atoms with van der Waals surface area (Å²) in [6.45, 7) is 6.34. The quantitative estimate of drug-likeness (QED) is 0.196. The maximum absolute atomic E-state index is 12.2. The van der Waals surface area contributed by atoms with Gasteiger partial charge in [0.15, 0.2) is 15.8 Å². The first-order valence-electron chi connectivity index (χ1n) is 10.0. The average Bonchev–Trinajstić information content (AvgIpc) is 3.24. The van der Waals surface area contributed by atoms with Crippen LogP contribution in [-0.4, -0.2) is 35.6 Å². The van der Waals surface area contributed by atoms with Crippen LogP contribution in [0.15, 0.2) is 61.8 Å². The van der Waals surface area contributed by atoms with Crippen LogP contribution in [0.25, 0.3) is 11.3 Å². The van der Waals surface area contributed by atoms with Crippen molar-refractivity contribution < 1.29 is 14.3 Å². The molecule has 0 atom stereocenters. The molecule has 0 bridgehead atoms. The summed E-state index contributed by atoms with van der Waals surface area (Å²) in [6.07, 6.45) is 1.59. The number of benzene rings is 2. The van der Waals surface area contributed by atoms with Crippen molar-refractivity contribution in [1.29, 1.82) is 0 Å². The molecule has 1 heterocycles. The Morgan fingerprint density at radius 1 is 1.31 bits per heavy atom. The second kappa shape index (κ2) is 12.0. The van der Waals surface area contributed by atoms with E-state index in [0.717, 1.165) is 25.6 Å². The Bertz CT molecular complexity index is 1070. The van der Waals surface area contributed by atoms with E-state index in [9.17, 15) is 4.79 Å². The van der Waals surface area contributed by atoms with Gasteiger partial charge in [-0.15, -0.1) is 11.3 Å². The third-order valence-electron chi connectivity index (χ3n) is 3.97. The molecule has 168 valence electrons. The second-order valence-corrected chi connectivity index (χ2v) is 9.81. The fourth-order valence-corrected chi connectivity index (χ4v) is 4.86. The molecule has 0 unspecified atom stereocenters. The van der Waals surface area contributed by atoms with Gasteiger partial charge in [0.2, 0.25) is 0 Å². The Hall–Kier alpha value is -2.36. The highest BCUT2D eigenvalue weighted by Gasteiger charge is 2.13. The van der Waals surface area contributed by atoms with Gasteiger partial charge in [0, 0.05) is 10.9 Å². The van der Waals surface area contributed by atoms with Crippen molar-refractivity contribution in [3.8, 4) is 22.8 Å². The van der Waals surface area contributed by atoms with E-state index < -0.39 is 0 Å². The van der Waals surface area contributed by atoms with Gasteiger partial charge in [-0.2, -0.15) is 5.10 Å². The third kappa shape index (κ3) is 7.08. The minimum Gasteiger partial charge on any atom is -0.490 e. The Kier molecular flexibility index (Phi) is 9.13. The number of carbonyl (C=O) groups is 1. The van der Waals surface area contributed by atoms with Crippen molar-refractivity contribution in [3.05, 3.63) is 57.9 Å². The molecular weight excluding hydrogens is 510 g/mol. The highest BCUT2D eigenvalue weighted by molar-refractivity contribution is 9.10. The third-order valence-corrected chi connectivity index (χ3v) is 6.58. The second-order valence-electron chi connectivity index (χ2n) is 6.88. The average molecular weight is 535 g/mol. The number of nitrogens with zero attached hydrogens (tertiary/aromatic N) is 2. The fourth-order valence-electron chi connectivity index (χ4n) is 2.68. The maximum Gasteiger partial charge on any atom is 0.250 e. The normalized spacial score (nSPS) is 11.2. The highest BCUT2D eigenvalue weighted by Crippen LogP contribution is 2.37. The van der Waals surface area contributed by atoms with Crippen LogP contribution >= 0.6 is 39.0 Å². The molecule has 3 aromatic rings. The van der Waals surface area contributed by atoms with Crippen molar-refractivity contribution in [2.24, 2.45) is 5.10 Å². The van der Waals surface area contributed by atoms with Crippen LogP contribution in [0, 0.1) is 0 Å². The molecule has 0 radical (unpaired) electrons. The number of nitrogens with one attached hydrogen (secondary N) is 1. The summed E-state index contributed by atoms with van der Waals surface area (Å²) < 4.78 is 13.1. The van der Waals surface area contributed by atoms with Crippen LogP contribution in [0.2, 0.25) is 0 Å². The molecule has 6 nitrogen and oxygen atoms in total. The van der Waals surface area contributed by atoms with Gasteiger partial charge < -0.3 is 9.47 Å². The van der Waals surface area contributed by atoms with Crippen LogP contribution in [-0.2, 0) is 4.79 Å². The fraction of sp³-hybridized carbons (Fsp3) is 0.261. The van der Waals surface area contributed by atoms with Gasteiger partial charge in [0.25, 0.3) is 5.91 Å². The molecule has 1 aromatic heterocycles. The van der Waals surface area contributed by atoms with Gasteiger partial charge >= 0.3 is 0 Å². The predicted molar refractivity (Wildman–Crippen MR) is 135 cm³/mol. The van der Waals surface area contributed by atoms with E-state index in [-0.39, 0.29) is 17.8 Å². The monoisotopic (exact) mass is 533 g/mol. The van der Waals surface area contributed by atoms with Crippen LogP contribution in [0.5, 0.6) is 11.5 Å². The van der Waals surface area contributed by atoms with Crippen molar-refractivity contribution in [1.82, 2.24) is 10.4 Å². The summed E-state index contributed by atoms with van der Waals surface area (Å²) in [6, 6.07) is 13.7. The van der Waals surface area contributed by atoms with Crippen LogP contribution < -0.4 is 14.9 Å². The van der Waals surface area contributed by atoms with Crippen LogP contribution in [0.1, 0.15) is 26.3 Å². The number of thioether (sulfide) groups is 1. The Labute approximate surface area is 204 Å². The lowest BCUT2D eigenvalue weighted by Crippen LogP contribution is -2.19. The lowest BCUT2D eigenvalue weighted by atomic mass is 10.2. The minimum atomic E-state index is -0.202. The van der Waals surface area contributed by atoms with Gasteiger partial charge in [-0.3, -0.25) is 4.79 Å². The Morgan fingerprint density at radius 3 is 2.81 bits per heavy atom. The lowest BCUT2D eigenvalue weighted by molar-refractivity contribution is -0.118. The van der Waals surface area contributed by atoms with E-state index in [4.69, 9.17) is 9.47 Å². The van der Waals surface area contributed by atoms with Crippen molar-refractivity contribution in [2.45, 2.75) is 31.2 Å². The summed E-state index contributed by atoms with van der Waals surface area (Å²) in [5.41, 5.74) is 5.31. The zero-order valence-corrected chi connectivity index (χ0v) is 21.2. The van der Waals surface area contributed by atoms with Gasteiger partial charge in [-0.1, -0.05) is 42.1 Å². The van der Waals surface area contributed by atoms with Crippen LogP contribution in [0.4, 0.5) is 0 Å². The first kappa shape index (κ1) is 24.3. The molecule has 0 saturated carbocycles. The molecule has 0 aliphatic heterocycles. The number of carbonyl (C=O) groups excluding carboxylic acids is 1.